The number of rotatable bonds is 5. The third kappa shape index (κ3) is 4.94. The normalized spacial score (nSPS) is 19.0. The van der Waals surface area contributed by atoms with Gasteiger partial charge in [-0.1, -0.05) is 39.0 Å². The number of aromatic nitrogens is 3. The van der Waals surface area contributed by atoms with E-state index in [1.807, 2.05) is 45.0 Å². The molecule has 5 heterocycles. The van der Waals surface area contributed by atoms with Crippen molar-refractivity contribution in [3.05, 3.63) is 84.2 Å². The second kappa shape index (κ2) is 10.1. The van der Waals surface area contributed by atoms with Gasteiger partial charge in [0.15, 0.2) is 0 Å². The van der Waals surface area contributed by atoms with E-state index in [0.717, 1.165) is 10.9 Å². The largest absolute Gasteiger partial charge is 0.351 e. The van der Waals surface area contributed by atoms with Crippen LogP contribution in [0.3, 0.4) is 0 Å². The summed E-state index contributed by atoms with van der Waals surface area (Å²) in [5, 5.41) is 3.89. The average Bonchev–Trinajstić information content (AvgIpc) is 3.69. The van der Waals surface area contributed by atoms with E-state index in [1.54, 1.807) is 28.0 Å². The van der Waals surface area contributed by atoms with Crippen LogP contribution in [-0.2, 0) is 4.79 Å². The van der Waals surface area contributed by atoms with Crippen LogP contribution >= 0.6 is 0 Å². The molecule has 2 fully saturated rings. The third-order valence-electron chi connectivity index (χ3n) is 7.96. The van der Waals surface area contributed by atoms with E-state index in [1.165, 1.54) is 24.5 Å². The van der Waals surface area contributed by atoms with Gasteiger partial charge in [-0.15, -0.1) is 0 Å². The molecule has 3 unspecified atom stereocenters. The van der Waals surface area contributed by atoms with Crippen molar-refractivity contribution in [1.29, 1.82) is 0 Å². The first kappa shape index (κ1) is 26.6. The van der Waals surface area contributed by atoms with E-state index >= 15 is 0 Å². The average molecular weight is 555 g/mol. The van der Waals surface area contributed by atoms with E-state index in [0.29, 0.717) is 30.8 Å². The maximum Gasteiger partial charge on any atom is 0.272 e. The molecule has 2 aliphatic heterocycles. The number of H-pyrrole nitrogens is 1. The van der Waals surface area contributed by atoms with Gasteiger partial charge in [0.1, 0.15) is 28.9 Å². The van der Waals surface area contributed by atoms with Crippen molar-refractivity contribution in [1.82, 2.24) is 30.1 Å². The van der Waals surface area contributed by atoms with Crippen molar-refractivity contribution < 1.29 is 18.8 Å². The van der Waals surface area contributed by atoms with Gasteiger partial charge in [-0.05, 0) is 48.2 Å². The van der Waals surface area contributed by atoms with E-state index < -0.39 is 17.3 Å². The number of piperazine rings is 1. The number of para-hydroxylation sites is 1. The lowest BCUT2D eigenvalue weighted by atomic mass is 9.85. The molecular weight excluding hydrogens is 523 g/mol. The van der Waals surface area contributed by atoms with Gasteiger partial charge >= 0.3 is 0 Å². The molecule has 10 heteroatoms. The number of amides is 3. The molecule has 3 aromatic heterocycles. The highest BCUT2D eigenvalue weighted by Gasteiger charge is 2.50. The van der Waals surface area contributed by atoms with Gasteiger partial charge in [0.05, 0.1) is 12.1 Å². The predicted molar refractivity (Wildman–Crippen MR) is 151 cm³/mol. The first-order valence-electron chi connectivity index (χ1n) is 13.7. The second-order valence-electron chi connectivity index (χ2n) is 11.8. The van der Waals surface area contributed by atoms with Gasteiger partial charge in [-0.2, -0.15) is 0 Å². The van der Waals surface area contributed by atoms with Crippen molar-refractivity contribution in [2.45, 2.75) is 45.3 Å². The summed E-state index contributed by atoms with van der Waals surface area (Å²) in [7, 11) is 0. The number of halogens is 1. The lowest BCUT2D eigenvalue weighted by Gasteiger charge is -2.39. The Hall–Kier alpha value is -4.60. The molecule has 210 valence electrons. The van der Waals surface area contributed by atoms with Crippen LogP contribution in [0.25, 0.3) is 22.2 Å². The summed E-state index contributed by atoms with van der Waals surface area (Å²) < 4.78 is 14.1. The molecule has 1 aromatic carbocycles. The molecule has 4 aromatic rings. The predicted octanol–water partition coefficient (Wildman–Crippen LogP) is 4.03. The van der Waals surface area contributed by atoms with Crippen molar-refractivity contribution in [2.75, 3.05) is 13.1 Å². The highest BCUT2D eigenvalue weighted by atomic mass is 19.1. The van der Waals surface area contributed by atoms with Crippen LogP contribution < -0.4 is 5.32 Å². The van der Waals surface area contributed by atoms with E-state index in [9.17, 15) is 18.8 Å². The van der Waals surface area contributed by atoms with Crippen LogP contribution in [0.1, 0.15) is 48.2 Å². The summed E-state index contributed by atoms with van der Waals surface area (Å²) in [6.45, 7) is 6.56. The molecule has 41 heavy (non-hydrogen) atoms. The summed E-state index contributed by atoms with van der Waals surface area (Å²) >= 11 is 0. The SMILES string of the molecule is CC(C)(C)C(NC(=O)c1cc2ccccc2[nH]1)C(=O)N1CC2CC1CN2C(=O)c1ccc(-c2ncccc2F)cn1. The van der Waals surface area contributed by atoms with Crippen molar-refractivity contribution in [3.8, 4) is 11.3 Å². The first-order chi connectivity index (χ1) is 19.6. The topological polar surface area (TPSA) is 111 Å². The van der Waals surface area contributed by atoms with Crippen molar-refractivity contribution >= 4 is 28.6 Å². The minimum Gasteiger partial charge on any atom is -0.351 e. The highest BCUT2D eigenvalue weighted by molar-refractivity contribution is 6.00. The molecule has 2 bridgehead atoms. The number of nitrogens with one attached hydrogen (secondary N) is 2. The standard InChI is InChI=1S/C31H31FN6O3/c1-31(2,3)27(36-28(39)25-13-18-7-4-5-9-23(18)35-25)30(41)38-17-20-14-21(38)16-37(20)29(40)24-11-10-19(15-34-24)26-22(32)8-6-12-33-26/h4-13,15,20-21,27,35H,14,16-17H2,1-3H3,(H,36,39). The molecule has 0 spiro atoms. The Morgan fingerprint density at radius 2 is 1.76 bits per heavy atom. The first-order valence-corrected chi connectivity index (χ1v) is 13.7. The molecule has 2 aliphatic rings. The summed E-state index contributed by atoms with van der Waals surface area (Å²) in [4.78, 5) is 55.3. The lowest BCUT2D eigenvalue weighted by molar-refractivity contribution is -0.138. The molecule has 0 saturated carbocycles. The van der Waals surface area contributed by atoms with Gasteiger partial charge in [-0.3, -0.25) is 24.4 Å². The van der Waals surface area contributed by atoms with Gasteiger partial charge in [0.25, 0.3) is 11.8 Å². The van der Waals surface area contributed by atoms with Gasteiger partial charge in [0, 0.05) is 41.9 Å². The number of fused-ring (bicyclic) bond motifs is 3. The maximum absolute atomic E-state index is 14.1. The van der Waals surface area contributed by atoms with E-state index in [2.05, 4.69) is 20.3 Å². The molecule has 2 saturated heterocycles. The summed E-state index contributed by atoms with van der Waals surface area (Å²) in [6, 6.07) is 14.4. The third-order valence-corrected chi connectivity index (χ3v) is 7.96. The molecule has 0 aliphatic carbocycles. The Morgan fingerprint density at radius 1 is 1.00 bits per heavy atom. The van der Waals surface area contributed by atoms with Gasteiger partial charge < -0.3 is 20.1 Å². The number of pyridine rings is 2. The Morgan fingerprint density at radius 3 is 2.41 bits per heavy atom. The molecule has 6 rings (SSSR count). The van der Waals surface area contributed by atoms with Crippen LogP contribution in [0.2, 0.25) is 0 Å². The molecule has 2 N–H and O–H groups in total. The van der Waals surface area contributed by atoms with Gasteiger partial charge in [-0.25, -0.2) is 4.39 Å². The fourth-order valence-corrected chi connectivity index (χ4v) is 5.81. The number of carbonyl (C=O) groups excluding carboxylic acids is 3. The van der Waals surface area contributed by atoms with Crippen LogP contribution in [0, 0.1) is 11.2 Å². The summed E-state index contributed by atoms with van der Waals surface area (Å²) in [5.74, 6) is -1.17. The monoisotopic (exact) mass is 554 g/mol. The minimum absolute atomic E-state index is 0.142. The smallest absolute Gasteiger partial charge is 0.272 e. The number of carbonyl (C=O) groups is 3. The molecular formula is C31H31FN6O3. The minimum atomic E-state index is -0.744. The van der Waals surface area contributed by atoms with Gasteiger partial charge in [0.2, 0.25) is 5.91 Å². The Bertz CT molecular complexity index is 1610. The Balaban J connectivity index is 1.13. The number of hydrogen-bond donors (Lipinski definition) is 2. The molecule has 9 nitrogen and oxygen atoms in total. The number of likely N-dealkylation sites (tertiary alicyclic amines) is 2. The number of hydrogen-bond acceptors (Lipinski definition) is 5. The van der Waals surface area contributed by atoms with Crippen LogP contribution in [0.5, 0.6) is 0 Å². The number of aromatic amines is 1. The zero-order valence-electron chi connectivity index (χ0n) is 23.1. The van der Waals surface area contributed by atoms with Crippen LogP contribution in [0.4, 0.5) is 4.39 Å². The number of benzene rings is 1. The van der Waals surface area contributed by atoms with E-state index in [-0.39, 0.29) is 41.2 Å². The highest BCUT2D eigenvalue weighted by Crippen LogP contribution is 2.34. The van der Waals surface area contributed by atoms with Crippen LogP contribution in [0.15, 0.2) is 67.0 Å². The fourth-order valence-electron chi connectivity index (χ4n) is 5.81. The summed E-state index contributed by atoms with van der Waals surface area (Å²) in [6.07, 6.45) is 3.62. The fraction of sp³-hybridized carbons (Fsp3) is 0.323. The summed E-state index contributed by atoms with van der Waals surface area (Å²) in [5.41, 5.74) is 1.65. The zero-order valence-corrected chi connectivity index (χ0v) is 23.1. The van der Waals surface area contributed by atoms with E-state index in [4.69, 9.17) is 0 Å². The second-order valence-corrected chi connectivity index (χ2v) is 11.8. The molecule has 0 radical (unpaired) electrons. The number of nitrogens with zero attached hydrogens (tertiary/aromatic N) is 4. The molecule has 3 amide bonds. The lowest BCUT2D eigenvalue weighted by Crippen LogP contribution is -2.59. The van der Waals surface area contributed by atoms with Crippen molar-refractivity contribution in [3.63, 3.8) is 0 Å². The van der Waals surface area contributed by atoms with Crippen molar-refractivity contribution in [2.24, 2.45) is 5.41 Å². The maximum atomic E-state index is 14.1. The Kier molecular flexibility index (Phi) is 6.56. The molecule has 3 atom stereocenters. The quantitative estimate of drug-likeness (QED) is 0.387. The zero-order chi connectivity index (χ0) is 28.9. The Labute approximate surface area is 236 Å². The van der Waals surface area contributed by atoms with Crippen LogP contribution in [-0.4, -0.2) is 73.7 Å².